The molecule has 112 valence electrons. The van der Waals surface area contributed by atoms with Gasteiger partial charge in [-0.15, -0.1) is 0 Å². The Labute approximate surface area is 124 Å². The van der Waals surface area contributed by atoms with Crippen molar-refractivity contribution >= 4 is 23.5 Å². The first-order valence-corrected chi connectivity index (χ1v) is 7.65. The van der Waals surface area contributed by atoms with E-state index >= 15 is 0 Å². The number of hydrogen-bond donors (Lipinski definition) is 1. The van der Waals surface area contributed by atoms with E-state index in [1.165, 1.54) is 19.3 Å². The fourth-order valence-electron chi connectivity index (χ4n) is 2.17. The SMILES string of the molecule is CCOCCCNc1nc(Cl)nc(N2CCCCC2)n1. The van der Waals surface area contributed by atoms with Gasteiger partial charge in [-0.25, -0.2) is 0 Å². The van der Waals surface area contributed by atoms with Gasteiger partial charge in [-0.3, -0.25) is 0 Å². The molecule has 0 spiro atoms. The topological polar surface area (TPSA) is 63.2 Å². The van der Waals surface area contributed by atoms with E-state index in [4.69, 9.17) is 16.3 Å². The molecule has 1 aromatic heterocycles. The Morgan fingerprint density at radius 2 is 2.00 bits per heavy atom. The average molecular weight is 300 g/mol. The minimum Gasteiger partial charge on any atom is -0.382 e. The van der Waals surface area contributed by atoms with Crippen molar-refractivity contribution in [3.8, 4) is 0 Å². The zero-order valence-corrected chi connectivity index (χ0v) is 12.7. The summed E-state index contributed by atoms with van der Waals surface area (Å²) < 4.78 is 5.29. The van der Waals surface area contributed by atoms with E-state index in [9.17, 15) is 0 Å². The van der Waals surface area contributed by atoms with Crippen LogP contribution in [0.4, 0.5) is 11.9 Å². The lowest BCUT2D eigenvalue weighted by Crippen LogP contribution is -2.31. The molecule has 1 aliphatic rings. The molecule has 20 heavy (non-hydrogen) atoms. The van der Waals surface area contributed by atoms with Crippen molar-refractivity contribution < 1.29 is 4.74 Å². The van der Waals surface area contributed by atoms with Gasteiger partial charge >= 0.3 is 0 Å². The predicted octanol–water partition coefficient (Wildman–Crippen LogP) is 2.35. The monoisotopic (exact) mass is 299 g/mol. The molecule has 6 nitrogen and oxygen atoms in total. The van der Waals surface area contributed by atoms with Gasteiger partial charge < -0.3 is 15.0 Å². The van der Waals surface area contributed by atoms with Crippen molar-refractivity contribution in [1.29, 1.82) is 0 Å². The second-order valence-corrected chi connectivity index (χ2v) is 5.09. The minimum atomic E-state index is 0.243. The van der Waals surface area contributed by atoms with Gasteiger partial charge in [-0.1, -0.05) is 0 Å². The fraction of sp³-hybridized carbons (Fsp3) is 0.769. The molecule has 0 unspecified atom stereocenters. The van der Waals surface area contributed by atoms with Crippen LogP contribution in [0.15, 0.2) is 0 Å². The number of halogens is 1. The lowest BCUT2D eigenvalue weighted by Gasteiger charge is -2.26. The first-order chi connectivity index (χ1) is 9.79. The molecular weight excluding hydrogens is 278 g/mol. The zero-order chi connectivity index (χ0) is 14.2. The Bertz CT molecular complexity index is 412. The van der Waals surface area contributed by atoms with Crippen LogP contribution in [0.2, 0.25) is 5.28 Å². The van der Waals surface area contributed by atoms with Crippen molar-refractivity contribution in [3.63, 3.8) is 0 Å². The largest absolute Gasteiger partial charge is 0.382 e. The van der Waals surface area contributed by atoms with E-state index in [2.05, 4.69) is 25.2 Å². The van der Waals surface area contributed by atoms with Gasteiger partial charge in [0.15, 0.2) is 0 Å². The molecular formula is C13H22ClN5O. The third-order valence-corrected chi connectivity index (χ3v) is 3.36. The Morgan fingerprint density at radius 3 is 2.75 bits per heavy atom. The molecule has 2 heterocycles. The molecule has 0 saturated carbocycles. The number of anilines is 2. The van der Waals surface area contributed by atoms with E-state index in [-0.39, 0.29) is 5.28 Å². The van der Waals surface area contributed by atoms with Crippen LogP contribution < -0.4 is 10.2 Å². The second kappa shape index (κ2) is 8.21. The Kier molecular flexibility index (Phi) is 6.26. The molecule has 2 rings (SSSR count). The second-order valence-electron chi connectivity index (χ2n) is 4.75. The van der Waals surface area contributed by atoms with Crippen LogP contribution in [-0.4, -0.2) is 47.8 Å². The summed E-state index contributed by atoms with van der Waals surface area (Å²) in [4.78, 5) is 14.9. The van der Waals surface area contributed by atoms with Crippen LogP contribution >= 0.6 is 11.6 Å². The number of ether oxygens (including phenoxy) is 1. The van der Waals surface area contributed by atoms with E-state index in [1.807, 2.05) is 6.92 Å². The standard InChI is InChI=1S/C13H22ClN5O/c1-2-20-10-6-7-15-12-16-11(14)17-13(18-12)19-8-4-3-5-9-19/h2-10H2,1H3,(H,15,16,17,18). The molecule has 0 aliphatic carbocycles. The fourth-order valence-corrected chi connectivity index (χ4v) is 2.33. The van der Waals surface area contributed by atoms with Gasteiger partial charge in [0, 0.05) is 32.8 Å². The van der Waals surface area contributed by atoms with Crippen molar-refractivity contribution in [2.45, 2.75) is 32.6 Å². The van der Waals surface area contributed by atoms with Gasteiger partial charge in [-0.2, -0.15) is 15.0 Å². The highest BCUT2D eigenvalue weighted by Crippen LogP contribution is 2.18. The maximum absolute atomic E-state index is 5.98. The Morgan fingerprint density at radius 1 is 1.20 bits per heavy atom. The van der Waals surface area contributed by atoms with Crippen LogP contribution in [0.25, 0.3) is 0 Å². The summed E-state index contributed by atoms with van der Waals surface area (Å²) in [5, 5.41) is 3.41. The van der Waals surface area contributed by atoms with E-state index < -0.39 is 0 Å². The molecule has 1 saturated heterocycles. The molecule has 0 radical (unpaired) electrons. The number of nitrogens with zero attached hydrogens (tertiary/aromatic N) is 4. The maximum atomic E-state index is 5.98. The summed E-state index contributed by atoms with van der Waals surface area (Å²) in [6, 6.07) is 0. The van der Waals surface area contributed by atoms with Gasteiger partial charge in [0.25, 0.3) is 0 Å². The molecule has 0 amide bonds. The van der Waals surface area contributed by atoms with Gasteiger partial charge in [0.1, 0.15) is 0 Å². The number of piperidine rings is 1. The van der Waals surface area contributed by atoms with E-state index in [0.29, 0.717) is 11.9 Å². The number of rotatable bonds is 7. The first-order valence-electron chi connectivity index (χ1n) is 7.27. The number of nitrogens with one attached hydrogen (secondary N) is 1. The molecule has 1 aromatic rings. The average Bonchev–Trinajstić information content (AvgIpc) is 2.47. The minimum absolute atomic E-state index is 0.243. The van der Waals surface area contributed by atoms with Crippen molar-refractivity contribution in [3.05, 3.63) is 5.28 Å². The highest BCUT2D eigenvalue weighted by molar-refractivity contribution is 6.28. The van der Waals surface area contributed by atoms with Gasteiger partial charge in [0.05, 0.1) is 0 Å². The lowest BCUT2D eigenvalue weighted by molar-refractivity contribution is 0.147. The molecule has 0 bridgehead atoms. The van der Waals surface area contributed by atoms with Crippen molar-refractivity contribution in [1.82, 2.24) is 15.0 Å². The summed E-state index contributed by atoms with van der Waals surface area (Å²) in [6.07, 6.45) is 4.55. The number of hydrogen-bond acceptors (Lipinski definition) is 6. The van der Waals surface area contributed by atoms with Crippen molar-refractivity contribution in [2.24, 2.45) is 0 Å². The van der Waals surface area contributed by atoms with Crippen LogP contribution in [0, 0.1) is 0 Å². The first kappa shape index (κ1) is 15.3. The third-order valence-electron chi connectivity index (χ3n) is 3.19. The summed E-state index contributed by atoms with van der Waals surface area (Å²) in [5.41, 5.74) is 0. The quantitative estimate of drug-likeness (QED) is 0.780. The lowest BCUT2D eigenvalue weighted by atomic mass is 10.1. The van der Waals surface area contributed by atoms with Gasteiger partial charge in [0.2, 0.25) is 17.2 Å². The Hall–Kier alpha value is -1.14. The normalized spacial score (nSPS) is 15.4. The summed E-state index contributed by atoms with van der Waals surface area (Å²) in [6.45, 7) is 6.22. The predicted molar refractivity (Wildman–Crippen MR) is 80.5 cm³/mol. The Balaban J connectivity index is 1.90. The number of aromatic nitrogens is 3. The summed E-state index contributed by atoms with van der Waals surface area (Å²) in [5.74, 6) is 1.22. The van der Waals surface area contributed by atoms with E-state index in [0.717, 1.165) is 39.3 Å². The zero-order valence-electron chi connectivity index (χ0n) is 11.9. The molecule has 7 heteroatoms. The molecule has 1 fully saturated rings. The van der Waals surface area contributed by atoms with E-state index in [1.54, 1.807) is 0 Å². The highest BCUT2D eigenvalue weighted by atomic mass is 35.5. The smallest absolute Gasteiger partial charge is 0.231 e. The summed E-state index contributed by atoms with van der Waals surface area (Å²) >= 11 is 5.98. The molecule has 1 N–H and O–H groups in total. The molecule has 0 atom stereocenters. The van der Waals surface area contributed by atoms with Gasteiger partial charge in [-0.05, 0) is 44.2 Å². The third kappa shape index (κ3) is 4.76. The van der Waals surface area contributed by atoms with Crippen LogP contribution in [0.5, 0.6) is 0 Å². The molecule has 1 aliphatic heterocycles. The van der Waals surface area contributed by atoms with Crippen LogP contribution in [0.1, 0.15) is 32.6 Å². The summed E-state index contributed by atoms with van der Waals surface area (Å²) in [7, 11) is 0. The maximum Gasteiger partial charge on any atom is 0.231 e. The molecule has 0 aromatic carbocycles. The van der Waals surface area contributed by atoms with Crippen LogP contribution in [0.3, 0.4) is 0 Å². The van der Waals surface area contributed by atoms with Crippen molar-refractivity contribution in [2.75, 3.05) is 43.1 Å². The highest BCUT2D eigenvalue weighted by Gasteiger charge is 2.15. The van der Waals surface area contributed by atoms with Crippen LogP contribution in [-0.2, 0) is 4.74 Å².